The first-order chi connectivity index (χ1) is 8.72. The third-order valence-corrected chi connectivity index (χ3v) is 3.82. The van der Waals surface area contributed by atoms with Crippen molar-refractivity contribution in [2.45, 2.75) is 13.8 Å². The van der Waals surface area contributed by atoms with Gasteiger partial charge in [0.25, 0.3) is 0 Å². The van der Waals surface area contributed by atoms with E-state index in [1.165, 1.54) is 43.4 Å². The van der Waals surface area contributed by atoms with Gasteiger partial charge in [0.15, 0.2) is 0 Å². The van der Waals surface area contributed by atoms with Crippen LogP contribution >= 0.6 is 0 Å². The van der Waals surface area contributed by atoms with Gasteiger partial charge in [-0.1, -0.05) is 48.5 Å². The SMILES string of the molecule is Cc1cc2ccc3cc(C)cc4ccc(c1)c2c34. The second kappa shape index (κ2) is 3.23. The maximum absolute atomic E-state index is 2.28. The van der Waals surface area contributed by atoms with E-state index in [2.05, 4.69) is 62.4 Å². The molecule has 0 aliphatic carbocycles. The fraction of sp³-hybridized carbons (Fsp3) is 0.111. The van der Waals surface area contributed by atoms with E-state index >= 15 is 0 Å². The van der Waals surface area contributed by atoms with Crippen molar-refractivity contribution in [3.63, 3.8) is 0 Å². The number of benzene rings is 4. The molecule has 0 unspecified atom stereocenters. The van der Waals surface area contributed by atoms with Crippen LogP contribution in [0, 0.1) is 13.8 Å². The van der Waals surface area contributed by atoms with Crippen LogP contribution in [0.1, 0.15) is 11.1 Å². The third kappa shape index (κ3) is 1.20. The van der Waals surface area contributed by atoms with Gasteiger partial charge in [0, 0.05) is 0 Å². The Bertz CT molecular complexity index is 743. The third-order valence-electron chi connectivity index (χ3n) is 3.82. The van der Waals surface area contributed by atoms with Gasteiger partial charge in [-0.05, 0) is 57.3 Å². The van der Waals surface area contributed by atoms with Gasteiger partial charge in [-0.2, -0.15) is 0 Å². The molecule has 0 heterocycles. The summed E-state index contributed by atoms with van der Waals surface area (Å²) in [5.74, 6) is 0. The van der Waals surface area contributed by atoms with Crippen molar-refractivity contribution >= 4 is 32.3 Å². The van der Waals surface area contributed by atoms with Gasteiger partial charge >= 0.3 is 0 Å². The van der Waals surface area contributed by atoms with Crippen molar-refractivity contribution in [2.24, 2.45) is 0 Å². The Kier molecular flexibility index (Phi) is 1.78. The van der Waals surface area contributed by atoms with Crippen LogP contribution in [-0.4, -0.2) is 0 Å². The normalized spacial score (nSPS) is 11.9. The van der Waals surface area contributed by atoms with Gasteiger partial charge in [-0.25, -0.2) is 0 Å². The molecule has 0 fully saturated rings. The minimum atomic E-state index is 1.33. The van der Waals surface area contributed by atoms with Crippen LogP contribution in [0.25, 0.3) is 32.3 Å². The van der Waals surface area contributed by atoms with Crippen LogP contribution in [-0.2, 0) is 0 Å². The van der Waals surface area contributed by atoms with E-state index in [9.17, 15) is 0 Å². The number of aryl methyl sites for hydroxylation is 2. The van der Waals surface area contributed by atoms with Crippen LogP contribution in [0.4, 0.5) is 0 Å². The highest BCUT2D eigenvalue weighted by atomic mass is 14.1. The summed E-state index contributed by atoms with van der Waals surface area (Å²) in [5, 5.41) is 8.24. The van der Waals surface area contributed by atoms with E-state index in [4.69, 9.17) is 0 Å². The van der Waals surface area contributed by atoms with Gasteiger partial charge < -0.3 is 0 Å². The zero-order valence-corrected chi connectivity index (χ0v) is 10.6. The van der Waals surface area contributed by atoms with E-state index in [0.29, 0.717) is 0 Å². The lowest BCUT2D eigenvalue weighted by atomic mass is 9.92. The summed E-state index contributed by atoms with van der Waals surface area (Å²) < 4.78 is 0. The van der Waals surface area contributed by atoms with E-state index in [1.54, 1.807) is 0 Å². The summed E-state index contributed by atoms with van der Waals surface area (Å²) in [6.45, 7) is 4.33. The molecule has 0 heteroatoms. The van der Waals surface area contributed by atoms with Crippen LogP contribution in [0.5, 0.6) is 0 Å². The first-order valence-corrected chi connectivity index (χ1v) is 6.38. The summed E-state index contributed by atoms with van der Waals surface area (Å²) >= 11 is 0. The predicted molar refractivity (Wildman–Crippen MR) is 79.6 cm³/mol. The molecule has 18 heavy (non-hydrogen) atoms. The minimum absolute atomic E-state index is 1.33. The molecule has 0 amide bonds. The molecule has 0 radical (unpaired) electrons. The summed E-state index contributed by atoms with van der Waals surface area (Å²) in [4.78, 5) is 0. The van der Waals surface area contributed by atoms with Crippen molar-refractivity contribution < 1.29 is 0 Å². The molecule has 0 spiro atoms. The van der Waals surface area contributed by atoms with Gasteiger partial charge in [0.2, 0.25) is 0 Å². The Morgan fingerprint density at radius 1 is 0.500 bits per heavy atom. The van der Waals surface area contributed by atoms with E-state index in [-0.39, 0.29) is 0 Å². The Hall–Kier alpha value is -2.08. The fourth-order valence-electron chi connectivity index (χ4n) is 3.15. The van der Waals surface area contributed by atoms with E-state index in [1.807, 2.05) is 0 Å². The smallest absolute Gasteiger partial charge is 0.00266 e. The minimum Gasteiger partial charge on any atom is -0.0537 e. The summed E-state index contributed by atoms with van der Waals surface area (Å²) in [6.07, 6.45) is 0. The molecule has 0 saturated carbocycles. The van der Waals surface area contributed by atoms with Gasteiger partial charge in [0.1, 0.15) is 0 Å². The maximum Gasteiger partial charge on any atom is -0.00266 e. The standard InChI is InChI=1S/C18H14/c1-11-7-13-3-5-15-9-12(2)10-16-6-4-14(8-11)17(13)18(15)16/h3-10H,1-2H3. The Balaban J connectivity index is 2.41. The molecule has 4 aromatic carbocycles. The van der Waals surface area contributed by atoms with Crippen molar-refractivity contribution in [2.75, 3.05) is 0 Å². The Morgan fingerprint density at radius 3 is 1.06 bits per heavy atom. The Morgan fingerprint density at radius 2 is 0.778 bits per heavy atom. The predicted octanol–water partition coefficient (Wildman–Crippen LogP) is 5.20. The molecule has 0 bridgehead atoms. The summed E-state index contributed by atoms with van der Waals surface area (Å²) in [6, 6.07) is 18.1. The quantitative estimate of drug-likeness (QED) is 0.364. The van der Waals surface area contributed by atoms with Gasteiger partial charge in [-0.3, -0.25) is 0 Å². The number of hydrogen-bond acceptors (Lipinski definition) is 0. The second-order valence-electron chi connectivity index (χ2n) is 5.30. The molecule has 86 valence electrons. The molecular weight excluding hydrogens is 216 g/mol. The lowest BCUT2D eigenvalue weighted by Crippen LogP contribution is -1.86. The monoisotopic (exact) mass is 230 g/mol. The molecule has 0 nitrogen and oxygen atoms in total. The second-order valence-corrected chi connectivity index (χ2v) is 5.30. The Labute approximate surface area is 106 Å². The van der Waals surface area contributed by atoms with Crippen LogP contribution in [0.2, 0.25) is 0 Å². The first-order valence-electron chi connectivity index (χ1n) is 6.38. The van der Waals surface area contributed by atoms with E-state index in [0.717, 1.165) is 0 Å². The van der Waals surface area contributed by atoms with Gasteiger partial charge in [-0.15, -0.1) is 0 Å². The van der Waals surface area contributed by atoms with E-state index < -0.39 is 0 Å². The van der Waals surface area contributed by atoms with Gasteiger partial charge in [0.05, 0.1) is 0 Å². The lowest BCUT2D eigenvalue weighted by Gasteiger charge is -2.12. The maximum atomic E-state index is 2.28. The van der Waals surface area contributed by atoms with Crippen LogP contribution < -0.4 is 0 Å². The van der Waals surface area contributed by atoms with Crippen molar-refractivity contribution in [1.82, 2.24) is 0 Å². The van der Waals surface area contributed by atoms with Crippen molar-refractivity contribution in [3.05, 3.63) is 59.7 Å². The largest absolute Gasteiger partial charge is 0.0537 e. The summed E-state index contributed by atoms with van der Waals surface area (Å²) in [7, 11) is 0. The molecule has 0 aliphatic heterocycles. The zero-order valence-electron chi connectivity index (χ0n) is 10.6. The molecule has 0 aromatic heterocycles. The highest BCUT2D eigenvalue weighted by Gasteiger charge is 2.08. The molecule has 0 aliphatic rings. The van der Waals surface area contributed by atoms with Crippen molar-refractivity contribution in [3.8, 4) is 0 Å². The summed E-state index contributed by atoms with van der Waals surface area (Å²) in [5.41, 5.74) is 2.66. The fourth-order valence-corrected chi connectivity index (χ4v) is 3.15. The van der Waals surface area contributed by atoms with Crippen molar-refractivity contribution in [1.29, 1.82) is 0 Å². The zero-order chi connectivity index (χ0) is 12.3. The molecule has 4 aromatic rings. The molecule has 0 atom stereocenters. The molecule has 0 N–H and O–H groups in total. The van der Waals surface area contributed by atoms with Crippen LogP contribution in [0.3, 0.4) is 0 Å². The number of hydrogen-bond donors (Lipinski definition) is 0. The topological polar surface area (TPSA) is 0 Å². The molecular formula is C18H14. The average molecular weight is 230 g/mol. The highest BCUT2D eigenvalue weighted by Crippen LogP contribution is 2.35. The molecule has 4 rings (SSSR count). The average Bonchev–Trinajstić information content (AvgIpc) is 2.34. The highest BCUT2D eigenvalue weighted by molar-refractivity contribution is 6.23. The first kappa shape index (κ1) is 9.90. The number of rotatable bonds is 0. The van der Waals surface area contributed by atoms with Crippen LogP contribution in [0.15, 0.2) is 48.5 Å². The molecule has 0 saturated heterocycles. The lowest BCUT2D eigenvalue weighted by molar-refractivity contribution is 1.51.